The van der Waals surface area contributed by atoms with Gasteiger partial charge in [-0.15, -0.1) is 0 Å². The molecule has 1 aliphatic rings. The molecule has 0 saturated carbocycles. The molecule has 0 aliphatic carbocycles. The molecule has 1 aromatic carbocycles. The summed E-state index contributed by atoms with van der Waals surface area (Å²) < 4.78 is 5.85. The largest absolute Gasteiger partial charge is 0.508 e. The molecule has 4 heteroatoms. The molecule has 2 rings (SSSR count). The van der Waals surface area contributed by atoms with Crippen LogP contribution in [-0.4, -0.2) is 22.1 Å². The molecule has 0 aromatic heterocycles. The summed E-state index contributed by atoms with van der Waals surface area (Å²) in [6.07, 6.45) is -0.253. The Bertz CT molecular complexity index is 521. The fourth-order valence-electron chi connectivity index (χ4n) is 2.81. The number of ether oxygens (including phenoxy) is 1. The van der Waals surface area contributed by atoms with Gasteiger partial charge in [0.25, 0.3) is 0 Å². The molecule has 1 aromatic rings. The van der Waals surface area contributed by atoms with Crippen LogP contribution in [0.15, 0.2) is 6.07 Å². The maximum absolute atomic E-state index is 11.4. The van der Waals surface area contributed by atoms with Crippen LogP contribution in [0.5, 0.6) is 11.5 Å². The first-order valence-corrected chi connectivity index (χ1v) is 6.53. The third-order valence-electron chi connectivity index (χ3n) is 3.96. The van der Waals surface area contributed by atoms with E-state index in [1.165, 1.54) is 13.0 Å². The second-order valence-corrected chi connectivity index (χ2v) is 5.39. The van der Waals surface area contributed by atoms with E-state index >= 15 is 0 Å². The maximum atomic E-state index is 11.4. The van der Waals surface area contributed by atoms with E-state index in [2.05, 4.69) is 0 Å². The maximum Gasteiger partial charge on any atom is 0.132 e. The van der Waals surface area contributed by atoms with Crippen LogP contribution in [0.3, 0.4) is 0 Å². The van der Waals surface area contributed by atoms with Crippen molar-refractivity contribution in [2.75, 3.05) is 0 Å². The molecule has 2 N–H and O–H groups in total. The minimum atomic E-state index is -0.432. The van der Waals surface area contributed by atoms with Gasteiger partial charge in [-0.2, -0.15) is 0 Å². The first-order chi connectivity index (χ1) is 8.82. The third kappa shape index (κ3) is 2.32. The molecular weight excluding hydrogens is 244 g/mol. The van der Waals surface area contributed by atoms with Gasteiger partial charge in [0, 0.05) is 24.0 Å². The second-order valence-electron chi connectivity index (χ2n) is 5.39. The van der Waals surface area contributed by atoms with Crippen LogP contribution in [-0.2, 0) is 9.53 Å². The van der Waals surface area contributed by atoms with Crippen molar-refractivity contribution in [2.45, 2.75) is 52.2 Å². The highest BCUT2D eigenvalue weighted by atomic mass is 16.5. The molecule has 0 spiro atoms. The summed E-state index contributed by atoms with van der Waals surface area (Å²) >= 11 is 0. The number of rotatable bonds is 2. The zero-order valence-corrected chi connectivity index (χ0v) is 11.7. The molecule has 0 bridgehead atoms. The number of phenols is 2. The molecule has 1 heterocycles. The van der Waals surface area contributed by atoms with Gasteiger partial charge in [-0.05, 0) is 31.9 Å². The molecular formula is C15H20O4. The van der Waals surface area contributed by atoms with Crippen LogP contribution in [0.1, 0.15) is 55.9 Å². The van der Waals surface area contributed by atoms with E-state index in [0.29, 0.717) is 5.56 Å². The lowest BCUT2D eigenvalue weighted by molar-refractivity contribution is -0.122. The number of phenolic OH excluding ortho intramolecular Hbond substituents is 2. The lowest BCUT2D eigenvalue weighted by Gasteiger charge is -2.36. The van der Waals surface area contributed by atoms with Gasteiger partial charge in [0.2, 0.25) is 0 Å². The SMILES string of the molecule is CC(=O)CC1OC(C)C(C)c2c(C)c(O)cc(O)c21. The Morgan fingerprint density at radius 3 is 2.47 bits per heavy atom. The van der Waals surface area contributed by atoms with Crippen LogP contribution in [0.4, 0.5) is 0 Å². The molecule has 0 radical (unpaired) electrons. The number of fused-ring (bicyclic) bond motifs is 1. The summed E-state index contributed by atoms with van der Waals surface area (Å²) in [4.78, 5) is 11.4. The lowest BCUT2D eigenvalue weighted by Crippen LogP contribution is -2.29. The van der Waals surface area contributed by atoms with Crippen molar-refractivity contribution in [1.82, 2.24) is 0 Å². The van der Waals surface area contributed by atoms with E-state index in [0.717, 1.165) is 11.1 Å². The summed E-state index contributed by atoms with van der Waals surface area (Å²) in [5.41, 5.74) is 2.31. The Morgan fingerprint density at radius 2 is 1.89 bits per heavy atom. The minimum absolute atomic E-state index is 0.00287. The predicted octanol–water partition coefficient (Wildman–Crippen LogP) is 2.95. The number of ketones is 1. The Balaban J connectivity index is 2.62. The van der Waals surface area contributed by atoms with Crippen molar-refractivity contribution < 1.29 is 19.7 Å². The predicted molar refractivity (Wildman–Crippen MR) is 71.5 cm³/mol. The topological polar surface area (TPSA) is 66.8 Å². The van der Waals surface area contributed by atoms with E-state index in [9.17, 15) is 15.0 Å². The number of benzene rings is 1. The van der Waals surface area contributed by atoms with E-state index < -0.39 is 6.10 Å². The van der Waals surface area contributed by atoms with Crippen molar-refractivity contribution in [3.05, 3.63) is 22.8 Å². The molecule has 104 valence electrons. The Morgan fingerprint density at radius 1 is 1.26 bits per heavy atom. The van der Waals surface area contributed by atoms with E-state index in [1.807, 2.05) is 20.8 Å². The average Bonchev–Trinajstić information content (AvgIpc) is 2.29. The van der Waals surface area contributed by atoms with Gasteiger partial charge < -0.3 is 14.9 Å². The Kier molecular flexibility index (Phi) is 3.54. The second kappa shape index (κ2) is 4.85. The fraction of sp³-hybridized carbons (Fsp3) is 0.533. The van der Waals surface area contributed by atoms with Crippen LogP contribution < -0.4 is 0 Å². The van der Waals surface area contributed by atoms with E-state index in [-0.39, 0.29) is 35.7 Å². The number of carbonyl (C=O) groups excluding carboxylic acids is 1. The lowest BCUT2D eigenvalue weighted by atomic mass is 9.81. The van der Waals surface area contributed by atoms with E-state index in [4.69, 9.17) is 4.74 Å². The normalized spacial score (nSPS) is 26.0. The Hall–Kier alpha value is -1.55. The molecule has 0 amide bonds. The average molecular weight is 264 g/mol. The molecule has 19 heavy (non-hydrogen) atoms. The van der Waals surface area contributed by atoms with E-state index in [1.54, 1.807) is 0 Å². The van der Waals surface area contributed by atoms with Crippen LogP contribution in [0.2, 0.25) is 0 Å². The summed E-state index contributed by atoms with van der Waals surface area (Å²) in [6, 6.07) is 1.33. The van der Waals surface area contributed by atoms with Crippen LogP contribution >= 0.6 is 0 Å². The van der Waals surface area contributed by atoms with Gasteiger partial charge >= 0.3 is 0 Å². The van der Waals surface area contributed by atoms with Crippen LogP contribution in [0, 0.1) is 6.92 Å². The molecule has 0 fully saturated rings. The number of hydrogen-bond acceptors (Lipinski definition) is 4. The number of carbonyl (C=O) groups is 1. The number of Topliss-reactive ketones (excluding diaryl/α,β-unsaturated/α-hetero) is 1. The van der Waals surface area contributed by atoms with Gasteiger partial charge in [0.15, 0.2) is 0 Å². The third-order valence-corrected chi connectivity index (χ3v) is 3.96. The highest BCUT2D eigenvalue weighted by Gasteiger charge is 2.35. The van der Waals surface area contributed by atoms with Gasteiger partial charge in [-0.25, -0.2) is 0 Å². The quantitative estimate of drug-likeness (QED) is 0.861. The summed E-state index contributed by atoms with van der Waals surface area (Å²) in [5, 5.41) is 20.0. The Labute approximate surface area is 113 Å². The zero-order valence-electron chi connectivity index (χ0n) is 11.7. The summed E-state index contributed by atoms with van der Waals surface area (Å²) in [5.74, 6) is 0.168. The molecule has 1 aliphatic heterocycles. The van der Waals surface area contributed by atoms with Gasteiger partial charge in [0.1, 0.15) is 17.3 Å². The molecule has 3 unspecified atom stereocenters. The van der Waals surface area contributed by atoms with Crippen LogP contribution in [0.25, 0.3) is 0 Å². The highest BCUT2D eigenvalue weighted by Crippen LogP contribution is 2.47. The smallest absolute Gasteiger partial charge is 0.132 e. The summed E-state index contributed by atoms with van der Waals surface area (Å²) in [6.45, 7) is 7.28. The van der Waals surface area contributed by atoms with Crippen molar-refractivity contribution in [3.8, 4) is 11.5 Å². The minimum Gasteiger partial charge on any atom is -0.508 e. The highest BCUT2D eigenvalue weighted by molar-refractivity contribution is 5.76. The zero-order chi connectivity index (χ0) is 14.3. The van der Waals surface area contributed by atoms with Crippen molar-refractivity contribution in [2.24, 2.45) is 0 Å². The van der Waals surface area contributed by atoms with Gasteiger partial charge in [-0.3, -0.25) is 4.79 Å². The monoisotopic (exact) mass is 264 g/mol. The standard InChI is InChI=1S/C15H20O4/c1-7(16)5-13-15-12(18)6-11(17)9(3)14(15)8(2)10(4)19-13/h6,8,10,13,17-18H,5H2,1-4H3. The molecule has 4 nitrogen and oxygen atoms in total. The van der Waals surface area contributed by atoms with Gasteiger partial charge in [-0.1, -0.05) is 6.92 Å². The van der Waals surface area contributed by atoms with Gasteiger partial charge in [0.05, 0.1) is 12.2 Å². The van der Waals surface area contributed by atoms with Crippen molar-refractivity contribution in [1.29, 1.82) is 0 Å². The first kappa shape index (κ1) is 13.9. The van der Waals surface area contributed by atoms with Crippen molar-refractivity contribution in [3.63, 3.8) is 0 Å². The summed E-state index contributed by atoms with van der Waals surface area (Å²) in [7, 11) is 0. The number of hydrogen-bond donors (Lipinski definition) is 2. The fourth-order valence-corrected chi connectivity index (χ4v) is 2.81. The molecule has 0 saturated heterocycles. The molecule has 3 atom stereocenters. The number of aromatic hydroxyl groups is 2. The first-order valence-electron chi connectivity index (χ1n) is 6.53. The van der Waals surface area contributed by atoms with Crippen molar-refractivity contribution >= 4 is 5.78 Å².